The summed E-state index contributed by atoms with van der Waals surface area (Å²) in [6.07, 6.45) is 5.04. The molecule has 0 aliphatic rings. The molecule has 88 valence electrons. The maximum absolute atomic E-state index is 6.13. The van der Waals surface area contributed by atoms with E-state index in [1.165, 1.54) is 5.56 Å². The first-order chi connectivity index (χ1) is 8.25. The van der Waals surface area contributed by atoms with E-state index >= 15 is 0 Å². The van der Waals surface area contributed by atoms with Gasteiger partial charge < -0.3 is 5.73 Å². The summed E-state index contributed by atoms with van der Waals surface area (Å²) in [7, 11) is 0. The maximum Gasteiger partial charge on any atom is 0.0621 e. The van der Waals surface area contributed by atoms with Gasteiger partial charge in [0, 0.05) is 18.4 Å². The molecule has 3 heteroatoms. The number of hydrogen-bond acceptors (Lipinski definition) is 2. The summed E-state index contributed by atoms with van der Waals surface area (Å²) in [5, 5.41) is 0.691. The van der Waals surface area contributed by atoms with Crippen LogP contribution in [0.25, 0.3) is 0 Å². The zero-order valence-electron chi connectivity index (χ0n) is 9.51. The van der Waals surface area contributed by atoms with E-state index in [9.17, 15) is 0 Å². The summed E-state index contributed by atoms with van der Waals surface area (Å²) in [5.41, 5.74) is 8.44. The van der Waals surface area contributed by atoms with Crippen LogP contribution in [0.1, 0.15) is 11.1 Å². The Morgan fingerprint density at radius 3 is 2.59 bits per heavy atom. The molecule has 0 fully saturated rings. The number of halogens is 1. The lowest BCUT2D eigenvalue weighted by Gasteiger charge is -2.12. The van der Waals surface area contributed by atoms with E-state index in [0.29, 0.717) is 5.02 Å². The van der Waals surface area contributed by atoms with Crippen molar-refractivity contribution in [1.82, 2.24) is 4.98 Å². The molecule has 0 aliphatic heterocycles. The van der Waals surface area contributed by atoms with Crippen LogP contribution in [0, 0.1) is 0 Å². The molecule has 0 aliphatic carbocycles. The highest BCUT2D eigenvalue weighted by molar-refractivity contribution is 6.31. The molecule has 2 aromatic rings. The Morgan fingerprint density at radius 1 is 1.12 bits per heavy atom. The van der Waals surface area contributed by atoms with Crippen molar-refractivity contribution in [3.05, 3.63) is 64.9 Å². The highest BCUT2D eigenvalue weighted by Crippen LogP contribution is 2.16. The second-order valence-electron chi connectivity index (χ2n) is 4.12. The fourth-order valence-electron chi connectivity index (χ4n) is 1.84. The van der Waals surface area contributed by atoms with Gasteiger partial charge in [0.05, 0.1) is 5.02 Å². The van der Waals surface area contributed by atoms with E-state index in [1.54, 1.807) is 12.4 Å². The third kappa shape index (κ3) is 3.55. The number of nitrogens with zero attached hydrogens (tertiary/aromatic N) is 1. The maximum atomic E-state index is 6.13. The van der Waals surface area contributed by atoms with E-state index < -0.39 is 0 Å². The zero-order valence-corrected chi connectivity index (χ0v) is 10.3. The SMILES string of the molecule is NC(Cc1ccccc1)Cc1ccncc1Cl. The van der Waals surface area contributed by atoms with E-state index in [-0.39, 0.29) is 6.04 Å². The third-order valence-corrected chi connectivity index (χ3v) is 3.02. The lowest BCUT2D eigenvalue weighted by molar-refractivity contribution is 0.664. The molecule has 0 bridgehead atoms. The normalized spacial score (nSPS) is 12.4. The highest BCUT2D eigenvalue weighted by Gasteiger charge is 2.07. The largest absolute Gasteiger partial charge is 0.327 e. The van der Waals surface area contributed by atoms with Gasteiger partial charge in [0.25, 0.3) is 0 Å². The number of benzene rings is 1. The monoisotopic (exact) mass is 246 g/mol. The van der Waals surface area contributed by atoms with Crippen molar-refractivity contribution >= 4 is 11.6 Å². The lowest BCUT2D eigenvalue weighted by Crippen LogP contribution is -2.25. The molecule has 1 unspecified atom stereocenters. The van der Waals surface area contributed by atoms with Crippen molar-refractivity contribution in [2.24, 2.45) is 5.73 Å². The molecule has 2 rings (SSSR count). The molecule has 0 saturated heterocycles. The topological polar surface area (TPSA) is 38.9 Å². The molecule has 0 spiro atoms. The average Bonchev–Trinajstić information content (AvgIpc) is 2.33. The molecule has 2 nitrogen and oxygen atoms in total. The van der Waals surface area contributed by atoms with E-state index in [0.717, 1.165) is 18.4 Å². The molecule has 2 N–H and O–H groups in total. The predicted molar refractivity (Wildman–Crippen MR) is 71.1 cm³/mol. The van der Waals surface area contributed by atoms with Crippen LogP contribution in [0.5, 0.6) is 0 Å². The highest BCUT2D eigenvalue weighted by atomic mass is 35.5. The number of hydrogen-bond donors (Lipinski definition) is 1. The number of rotatable bonds is 4. The van der Waals surface area contributed by atoms with Crippen LogP contribution >= 0.6 is 11.6 Å². The quantitative estimate of drug-likeness (QED) is 0.901. The summed E-state index contributed by atoms with van der Waals surface area (Å²) in [5.74, 6) is 0. The minimum absolute atomic E-state index is 0.0808. The minimum atomic E-state index is 0.0808. The summed E-state index contributed by atoms with van der Waals surface area (Å²) in [4.78, 5) is 3.96. The van der Waals surface area contributed by atoms with Gasteiger partial charge in [0.15, 0.2) is 0 Å². The van der Waals surface area contributed by atoms with Crippen molar-refractivity contribution < 1.29 is 0 Å². The van der Waals surface area contributed by atoms with Crippen LogP contribution < -0.4 is 5.73 Å². The van der Waals surface area contributed by atoms with Crippen molar-refractivity contribution in [3.8, 4) is 0 Å². The van der Waals surface area contributed by atoms with Crippen LogP contribution in [0.4, 0.5) is 0 Å². The van der Waals surface area contributed by atoms with Crippen molar-refractivity contribution in [3.63, 3.8) is 0 Å². The Bertz CT molecular complexity index is 471. The van der Waals surface area contributed by atoms with Crippen molar-refractivity contribution in [2.45, 2.75) is 18.9 Å². The molecule has 17 heavy (non-hydrogen) atoms. The van der Waals surface area contributed by atoms with Gasteiger partial charge in [0.1, 0.15) is 0 Å². The minimum Gasteiger partial charge on any atom is -0.327 e. The molecule has 1 aromatic carbocycles. The second kappa shape index (κ2) is 5.80. The first kappa shape index (κ1) is 12.1. The van der Waals surface area contributed by atoms with Gasteiger partial charge in [-0.15, -0.1) is 0 Å². The molecule has 1 heterocycles. The van der Waals surface area contributed by atoms with E-state index in [1.807, 2.05) is 24.3 Å². The fourth-order valence-corrected chi connectivity index (χ4v) is 2.04. The molecular weight excluding hydrogens is 232 g/mol. The number of pyridine rings is 1. The molecule has 0 amide bonds. The van der Waals surface area contributed by atoms with Gasteiger partial charge >= 0.3 is 0 Å². The summed E-state index contributed by atoms with van der Waals surface area (Å²) in [6.45, 7) is 0. The fraction of sp³-hybridized carbons (Fsp3) is 0.214. The van der Waals surface area contributed by atoms with Crippen molar-refractivity contribution in [1.29, 1.82) is 0 Å². The van der Waals surface area contributed by atoms with E-state index in [4.69, 9.17) is 17.3 Å². The average molecular weight is 247 g/mol. The second-order valence-corrected chi connectivity index (χ2v) is 4.53. The van der Waals surface area contributed by atoms with Crippen LogP contribution in [-0.2, 0) is 12.8 Å². The van der Waals surface area contributed by atoms with Gasteiger partial charge in [-0.05, 0) is 30.0 Å². The number of aromatic nitrogens is 1. The van der Waals surface area contributed by atoms with Crippen LogP contribution in [0.15, 0.2) is 48.8 Å². The zero-order chi connectivity index (χ0) is 12.1. The van der Waals surface area contributed by atoms with Crippen molar-refractivity contribution in [2.75, 3.05) is 0 Å². The van der Waals surface area contributed by atoms with Gasteiger partial charge in [-0.1, -0.05) is 41.9 Å². The number of nitrogens with two attached hydrogens (primary N) is 1. The van der Waals surface area contributed by atoms with Crippen LogP contribution in [-0.4, -0.2) is 11.0 Å². The van der Waals surface area contributed by atoms with Gasteiger partial charge in [0.2, 0.25) is 0 Å². The molecule has 1 atom stereocenters. The van der Waals surface area contributed by atoms with E-state index in [2.05, 4.69) is 17.1 Å². The Kier molecular flexibility index (Phi) is 4.13. The Hall–Kier alpha value is -1.38. The Balaban J connectivity index is 1.98. The first-order valence-corrected chi connectivity index (χ1v) is 6.01. The summed E-state index contributed by atoms with van der Waals surface area (Å²) < 4.78 is 0. The molecular formula is C14H15ClN2. The van der Waals surface area contributed by atoms with Crippen LogP contribution in [0.3, 0.4) is 0 Å². The summed E-state index contributed by atoms with van der Waals surface area (Å²) in [6, 6.07) is 12.3. The Labute approximate surface area is 106 Å². The molecule has 1 aromatic heterocycles. The van der Waals surface area contributed by atoms with Crippen LogP contribution in [0.2, 0.25) is 5.02 Å². The smallest absolute Gasteiger partial charge is 0.0621 e. The standard InChI is InChI=1S/C14H15ClN2/c15-14-10-17-7-6-12(14)9-13(16)8-11-4-2-1-3-5-11/h1-7,10,13H,8-9,16H2. The van der Waals surface area contributed by atoms with Gasteiger partial charge in [-0.2, -0.15) is 0 Å². The van der Waals surface area contributed by atoms with Gasteiger partial charge in [-0.25, -0.2) is 0 Å². The summed E-state index contributed by atoms with van der Waals surface area (Å²) >= 11 is 6.05. The third-order valence-electron chi connectivity index (χ3n) is 2.68. The Morgan fingerprint density at radius 2 is 1.88 bits per heavy atom. The molecule has 0 saturated carbocycles. The first-order valence-electron chi connectivity index (χ1n) is 5.63. The lowest BCUT2D eigenvalue weighted by atomic mass is 10.0. The molecule has 0 radical (unpaired) electrons. The van der Waals surface area contributed by atoms with Gasteiger partial charge in [-0.3, -0.25) is 4.98 Å². The predicted octanol–water partition coefficient (Wildman–Crippen LogP) is 2.85.